The number of benzene rings is 1. The molecule has 0 unspecified atom stereocenters. The summed E-state index contributed by atoms with van der Waals surface area (Å²) in [5.74, 6) is 0.507. The van der Waals surface area contributed by atoms with Crippen molar-refractivity contribution < 1.29 is 9.53 Å². The van der Waals surface area contributed by atoms with Gasteiger partial charge in [-0.2, -0.15) is 0 Å². The first kappa shape index (κ1) is 23.1. The smallest absolute Gasteiger partial charge is 0.327 e. The second-order valence-electron chi connectivity index (χ2n) is 9.09. The van der Waals surface area contributed by atoms with E-state index in [2.05, 4.69) is 27.3 Å². The summed E-state index contributed by atoms with van der Waals surface area (Å²) in [6, 6.07) is 15.6. The third kappa shape index (κ3) is 5.38. The van der Waals surface area contributed by atoms with E-state index < -0.39 is 0 Å². The fraction of sp³-hybridized carbons (Fsp3) is 0.370. The van der Waals surface area contributed by atoms with Crippen LogP contribution in [0, 0.1) is 0 Å². The number of ether oxygens (including phenoxy) is 1. The molecule has 1 saturated heterocycles. The molecule has 182 valence electrons. The molecule has 1 aliphatic carbocycles. The number of urea groups is 1. The van der Waals surface area contributed by atoms with Crippen molar-refractivity contribution in [1.82, 2.24) is 9.97 Å². The van der Waals surface area contributed by atoms with Gasteiger partial charge in [0.2, 0.25) is 0 Å². The number of nitrogens with one attached hydrogen (secondary N) is 1. The normalized spacial score (nSPS) is 16.6. The maximum Gasteiger partial charge on any atom is 0.327 e. The zero-order chi connectivity index (χ0) is 24.0. The van der Waals surface area contributed by atoms with Gasteiger partial charge in [0.25, 0.3) is 0 Å². The molecule has 8 heteroatoms. The SMILES string of the molecule is Nc1ccc(-c2cccc(N3CCOCC3)c2)nc1N(C(=O)Nc1cccnc1)C1CCCCC1. The zero-order valence-corrected chi connectivity index (χ0v) is 19.9. The van der Waals surface area contributed by atoms with E-state index in [0.29, 0.717) is 17.2 Å². The molecule has 3 heterocycles. The molecule has 0 bridgehead atoms. The number of rotatable bonds is 5. The Bertz CT molecular complexity index is 1140. The molecule has 2 aliphatic rings. The third-order valence-electron chi connectivity index (χ3n) is 6.72. The number of anilines is 4. The average molecular weight is 473 g/mol. The molecule has 2 amide bonds. The van der Waals surface area contributed by atoms with Gasteiger partial charge in [-0.15, -0.1) is 0 Å². The number of carbonyl (C=O) groups excluding carboxylic acids is 1. The minimum absolute atomic E-state index is 0.0464. The summed E-state index contributed by atoms with van der Waals surface area (Å²) >= 11 is 0. The molecule has 5 rings (SSSR count). The number of nitrogen functional groups attached to an aromatic ring is 1. The molecular weight excluding hydrogens is 440 g/mol. The van der Waals surface area contributed by atoms with E-state index in [1.165, 1.54) is 6.42 Å². The van der Waals surface area contributed by atoms with Gasteiger partial charge in [0.1, 0.15) is 0 Å². The molecule has 2 aromatic heterocycles. The summed E-state index contributed by atoms with van der Waals surface area (Å²) in [5.41, 5.74) is 10.5. The maximum atomic E-state index is 13.5. The van der Waals surface area contributed by atoms with Gasteiger partial charge in [-0.25, -0.2) is 9.78 Å². The monoisotopic (exact) mass is 472 g/mol. The fourth-order valence-corrected chi connectivity index (χ4v) is 4.89. The Kier molecular flexibility index (Phi) is 7.09. The minimum Gasteiger partial charge on any atom is -0.396 e. The van der Waals surface area contributed by atoms with Crippen molar-refractivity contribution >= 4 is 28.9 Å². The van der Waals surface area contributed by atoms with Gasteiger partial charge in [-0.05, 0) is 49.2 Å². The van der Waals surface area contributed by atoms with E-state index in [1.54, 1.807) is 23.4 Å². The lowest BCUT2D eigenvalue weighted by Gasteiger charge is -2.34. The number of amides is 2. The van der Waals surface area contributed by atoms with Crippen LogP contribution in [0.25, 0.3) is 11.3 Å². The van der Waals surface area contributed by atoms with Gasteiger partial charge in [-0.3, -0.25) is 9.88 Å². The van der Waals surface area contributed by atoms with Gasteiger partial charge in [0.15, 0.2) is 5.82 Å². The van der Waals surface area contributed by atoms with Gasteiger partial charge in [0, 0.05) is 36.6 Å². The van der Waals surface area contributed by atoms with Crippen molar-refractivity contribution in [2.75, 3.05) is 47.2 Å². The Balaban J connectivity index is 1.48. The summed E-state index contributed by atoms with van der Waals surface area (Å²) in [7, 11) is 0. The predicted octanol–water partition coefficient (Wildman–Crippen LogP) is 4.93. The topological polar surface area (TPSA) is 96.6 Å². The predicted molar refractivity (Wildman–Crippen MR) is 140 cm³/mol. The number of aromatic nitrogens is 2. The summed E-state index contributed by atoms with van der Waals surface area (Å²) in [4.78, 5) is 26.7. The summed E-state index contributed by atoms with van der Waals surface area (Å²) in [6.45, 7) is 3.20. The van der Waals surface area contributed by atoms with E-state index in [0.717, 1.165) is 68.9 Å². The van der Waals surface area contributed by atoms with Crippen LogP contribution >= 0.6 is 0 Å². The highest BCUT2D eigenvalue weighted by Gasteiger charge is 2.30. The third-order valence-corrected chi connectivity index (χ3v) is 6.72. The van der Waals surface area contributed by atoms with E-state index in [4.69, 9.17) is 15.5 Å². The van der Waals surface area contributed by atoms with Gasteiger partial charge in [0.05, 0.1) is 36.5 Å². The summed E-state index contributed by atoms with van der Waals surface area (Å²) in [5, 5.41) is 2.99. The average Bonchev–Trinajstić information content (AvgIpc) is 2.92. The minimum atomic E-state index is -0.233. The summed E-state index contributed by atoms with van der Waals surface area (Å²) in [6.07, 6.45) is 8.54. The highest BCUT2D eigenvalue weighted by atomic mass is 16.5. The Morgan fingerprint density at radius 3 is 2.66 bits per heavy atom. The second kappa shape index (κ2) is 10.7. The van der Waals surface area contributed by atoms with E-state index in [1.807, 2.05) is 30.3 Å². The highest BCUT2D eigenvalue weighted by Crippen LogP contribution is 2.33. The Hall–Kier alpha value is -3.65. The van der Waals surface area contributed by atoms with E-state index in [-0.39, 0.29) is 12.1 Å². The molecular formula is C27H32N6O2. The molecule has 3 N–H and O–H groups in total. The fourth-order valence-electron chi connectivity index (χ4n) is 4.89. The van der Waals surface area contributed by atoms with Crippen molar-refractivity contribution in [3.8, 4) is 11.3 Å². The van der Waals surface area contributed by atoms with Crippen LogP contribution in [0.15, 0.2) is 60.9 Å². The van der Waals surface area contributed by atoms with Crippen LogP contribution in [0.5, 0.6) is 0 Å². The van der Waals surface area contributed by atoms with Crippen molar-refractivity contribution in [1.29, 1.82) is 0 Å². The number of carbonyl (C=O) groups is 1. The van der Waals surface area contributed by atoms with Gasteiger partial charge < -0.3 is 20.7 Å². The first-order valence-electron chi connectivity index (χ1n) is 12.4. The zero-order valence-electron chi connectivity index (χ0n) is 19.9. The molecule has 1 saturated carbocycles. The molecule has 8 nitrogen and oxygen atoms in total. The van der Waals surface area contributed by atoms with Crippen LogP contribution in [0.4, 0.5) is 27.7 Å². The Labute approximate surface area is 206 Å². The van der Waals surface area contributed by atoms with Gasteiger partial charge in [-0.1, -0.05) is 31.4 Å². The molecule has 0 spiro atoms. The molecule has 35 heavy (non-hydrogen) atoms. The number of pyridine rings is 2. The molecule has 1 aliphatic heterocycles. The van der Waals surface area contributed by atoms with Crippen molar-refractivity contribution in [2.45, 2.75) is 38.1 Å². The largest absolute Gasteiger partial charge is 0.396 e. The van der Waals surface area contributed by atoms with Crippen LogP contribution in [0.3, 0.4) is 0 Å². The molecule has 2 fully saturated rings. The number of morpholine rings is 1. The highest BCUT2D eigenvalue weighted by molar-refractivity contribution is 6.03. The lowest BCUT2D eigenvalue weighted by atomic mass is 9.94. The number of hydrogen-bond acceptors (Lipinski definition) is 6. The van der Waals surface area contributed by atoms with Crippen LogP contribution in [0.2, 0.25) is 0 Å². The lowest BCUT2D eigenvalue weighted by molar-refractivity contribution is 0.122. The van der Waals surface area contributed by atoms with Crippen molar-refractivity contribution in [3.05, 3.63) is 60.9 Å². The molecule has 3 aromatic rings. The quantitative estimate of drug-likeness (QED) is 0.546. The van der Waals surface area contributed by atoms with Gasteiger partial charge >= 0.3 is 6.03 Å². The number of nitrogens with two attached hydrogens (primary N) is 1. The van der Waals surface area contributed by atoms with E-state index >= 15 is 0 Å². The first-order chi connectivity index (χ1) is 17.2. The van der Waals surface area contributed by atoms with Crippen LogP contribution in [-0.4, -0.2) is 48.3 Å². The molecule has 0 radical (unpaired) electrons. The molecule has 0 atom stereocenters. The summed E-state index contributed by atoms with van der Waals surface area (Å²) < 4.78 is 5.50. The van der Waals surface area contributed by atoms with Crippen molar-refractivity contribution in [3.63, 3.8) is 0 Å². The van der Waals surface area contributed by atoms with Crippen LogP contribution in [0.1, 0.15) is 32.1 Å². The first-order valence-corrected chi connectivity index (χ1v) is 12.4. The Morgan fingerprint density at radius 2 is 1.89 bits per heavy atom. The number of nitrogens with zero attached hydrogens (tertiary/aromatic N) is 4. The standard InChI is InChI=1S/C27H32N6O2/c28-24-11-12-25(20-6-4-10-23(18-20)32-14-16-35-17-15-32)31-26(24)33(22-8-2-1-3-9-22)27(34)30-21-7-5-13-29-19-21/h4-7,10-13,18-19,22H,1-3,8-9,14-17,28H2,(H,30,34). The van der Waals surface area contributed by atoms with Crippen LogP contribution < -0.4 is 20.9 Å². The second-order valence-corrected chi connectivity index (χ2v) is 9.09. The number of hydrogen-bond donors (Lipinski definition) is 2. The van der Waals surface area contributed by atoms with Crippen molar-refractivity contribution in [2.24, 2.45) is 0 Å². The van der Waals surface area contributed by atoms with Crippen LogP contribution in [-0.2, 0) is 4.74 Å². The Morgan fingerprint density at radius 1 is 1.06 bits per heavy atom. The van der Waals surface area contributed by atoms with E-state index in [9.17, 15) is 4.79 Å². The molecule has 1 aromatic carbocycles. The lowest BCUT2D eigenvalue weighted by Crippen LogP contribution is -2.45. The maximum absolute atomic E-state index is 13.5.